The highest BCUT2D eigenvalue weighted by Crippen LogP contribution is 2.51. The van der Waals surface area contributed by atoms with Crippen LogP contribution < -0.4 is 20.3 Å². The first kappa shape index (κ1) is 26.2. The van der Waals surface area contributed by atoms with Crippen molar-refractivity contribution >= 4 is 41.0 Å². The molecule has 2 unspecified atom stereocenters. The lowest BCUT2D eigenvalue weighted by Crippen LogP contribution is -2.53. The average Bonchev–Trinajstić information content (AvgIpc) is 3.33. The van der Waals surface area contributed by atoms with Crippen molar-refractivity contribution in [2.45, 2.75) is 55.5 Å². The Morgan fingerprint density at radius 3 is 2.73 bits per heavy atom. The number of anilines is 2. The number of para-hydroxylation sites is 1. The molecule has 4 amide bonds. The number of ether oxygens (including phenoxy) is 1. The molecule has 0 bridgehead atoms. The van der Waals surface area contributed by atoms with E-state index in [0.717, 1.165) is 52.7 Å². The monoisotopic (exact) mass is 557 g/mol. The zero-order chi connectivity index (χ0) is 27.8. The predicted molar refractivity (Wildman–Crippen MR) is 153 cm³/mol. The van der Waals surface area contributed by atoms with Gasteiger partial charge in [-0.3, -0.25) is 14.5 Å². The third-order valence-corrected chi connectivity index (χ3v) is 8.86. The van der Waals surface area contributed by atoms with E-state index in [1.807, 2.05) is 73.3 Å². The number of hydrogen-bond donors (Lipinski definition) is 2. The van der Waals surface area contributed by atoms with Gasteiger partial charge in [0.25, 0.3) is 0 Å². The highest BCUT2D eigenvalue weighted by atomic mass is 32.2. The Morgan fingerprint density at radius 2 is 1.95 bits per heavy atom. The number of carbonyl (C=O) groups excluding carboxylic acids is 3. The number of pyridine rings is 1. The lowest BCUT2D eigenvalue weighted by molar-refractivity contribution is -0.133. The molecule has 3 atom stereocenters. The second kappa shape index (κ2) is 10.8. The third kappa shape index (κ3) is 4.88. The fourth-order valence-electron chi connectivity index (χ4n) is 5.66. The first-order valence-corrected chi connectivity index (χ1v) is 14.5. The SMILES string of the molecule is CCC(=O)N1CCCC(NC(=O)[C@@H]2Sc3nccc4c3C2NC(=O)N4c2ccc(Oc3ccccc3)cc2C)C1. The van der Waals surface area contributed by atoms with E-state index in [9.17, 15) is 14.4 Å². The summed E-state index contributed by atoms with van der Waals surface area (Å²) in [5.41, 5.74) is 3.17. The van der Waals surface area contributed by atoms with Crippen molar-refractivity contribution in [3.05, 3.63) is 71.9 Å². The molecule has 1 fully saturated rings. The molecule has 206 valence electrons. The fraction of sp³-hybridized carbons (Fsp3) is 0.333. The van der Waals surface area contributed by atoms with Gasteiger partial charge in [-0.1, -0.05) is 36.9 Å². The van der Waals surface area contributed by atoms with E-state index in [4.69, 9.17) is 4.74 Å². The lowest BCUT2D eigenvalue weighted by atomic mass is 9.98. The number of aryl methyl sites for hydroxylation is 1. The van der Waals surface area contributed by atoms with Crippen LogP contribution in [0, 0.1) is 6.92 Å². The maximum absolute atomic E-state index is 13.6. The summed E-state index contributed by atoms with van der Waals surface area (Å²) < 4.78 is 5.97. The maximum atomic E-state index is 13.6. The molecular weight excluding hydrogens is 526 g/mol. The van der Waals surface area contributed by atoms with E-state index in [1.54, 1.807) is 11.1 Å². The lowest BCUT2D eigenvalue weighted by Gasteiger charge is -2.36. The van der Waals surface area contributed by atoms with Crippen molar-refractivity contribution < 1.29 is 19.1 Å². The van der Waals surface area contributed by atoms with E-state index in [0.29, 0.717) is 18.7 Å². The van der Waals surface area contributed by atoms with Crippen LogP contribution in [0.15, 0.2) is 65.8 Å². The summed E-state index contributed by atoms with van der Waals surface area (Å²) in [6.07, 6.45) is 3.81. The summed E-state index contributed by atoms with van der Waals surface area (Å²) in [5, 5.41) is 6.41. The molecule has 2 aromatic carbocycles. The number of rotatable bonds is 6. The molecule has 3 aromatic rings. The number of benzene rings is 2. The molecule has 0 spiro atoms. The Hall–Kier alpha value is -4.05. The fourth-order valence-corrected chi connectivity index (χ4v) is 6.90. The Morgan fingerprint density at radius 1 is 1.12 bits per heavy atom. The van der Waals surface area contributed by atoms with Crippen molar-refractivity contribution in [2.24, 2.45) is 0 Å². The molecule has 40 heavy (non-hydrogen) atoms. The molecule has 9 nitrogen and oxygen atoms in total. The van der Waals surface area contributed by atoms with Gasteiger partial charge in [0.15, 0.2) is 0 Å². The molecule has 0 radical (unpaired) electrons. The number of thioether (sulfide) groups is 1. The molecule has 3 aliphatic heterocycles. The van der Waals surface area contributed by atoms with E-state index >= 15 is 0 Å². The summed E-state index contributed by atoms with van der Waals surface area (Å²) in [7, 11) is 0. The van der Waals surface area contributed by atoms with Gasteiger partial charge in [0, 0.05) is 37.3 Å². The van der Waals surface area contributed by atoms with Crippen LogP contribution in [0.25, 0.3) is 0 Å². The number of aromatic nitrogens is 1. The van der Waals surface area contributed by atoms with Crippen LogP contribution in [-0.4, -0.2) is 52.1 Å². The van der Waals surface area contributed by atoms with Crippen molar-refractivity contribution in [1.82, 2.24) is 20.5 Å². The van der Waals surface area contributed by atoms with Crippen LogP contribution in [0.1, 0.15) is 43.4 Å². The summed E-state index contributed by atoms with van der Waals surface area (Å²) in [6, 6.07) is 16.1. The van der Waals surface area contributed by atoms with Crippen LogP contribution in [0.5, 0.6) is 11.5 Å². The highest BCUT2D eigenvalue weighted by molar-refractivity contribution is 8.01. The van der Waals surface area contributed by atoms with E-state index in [2.05, 4.69) is 15.6 Å². The predicted octanol–water partition coefficient (Wildman–Crippen LogP) is 5.08. The van der Waals surface area contributed by atoms with Crippen LogP contribution in [0.2, 0.25) is 0 Å². The van der Waals surface area contributed by atoms with E-state index < -0.39 is 11.3 Å². The zero-order valence-electron chi connectivity index (χ0n) is 22.4. The molecule has 1 aromatic heterocycles. The van der Waals surface area contributed by atoms with Crippen molar-refractivity contribution in [1.29, 1.82) is 0 Å². The minimum Gasteiger partial charge on any atom is -0.457 e. The zero-order valence-corrected chi connectivity index (χ0v) is 23.2. The van der Waals surface area contributed by atoms with Crippen molar-refractivity contribution in [2.75, 3.05) is 18.0 Å². The molecule has 0 saturated carbocycles. The summed E-state index contributed by atoms with van der Waals surface area (Å²) in [5.74, 6) is 1.36. The van der Waals surface area contributed by atoms with Gasteiger partial charge in [0.05, 0.1) is 17.4 Å². The molecule has 6 rings (SSSR count). The van der Waals surface area contributed by atoms with Crippen LogP contribution in [-0.2, 0) is 9.59 Å². The van der Waals surface area contributed by atoms with Gasteiger partial charge in [0.2, 0.25) is 11.8 Å². The van der Waals surface area contributed by atoms with E-state index in [1.165, 1.54) is 11.8 Å². The number of piperidine rings is 1. The standard InChI is InChI=1S/C30H31N5O4S/c1-3-24(36)34-15-7-8-19(17-34)32-28(37)27-26-25-23(13-14-31-29(25)40-27)35(30(38)33-26)22-12-11-21(16-18(22)2)39-20-9-5-4-6-10-20/h4-6,9-14,16,19,26-27H,3,7-8,15,17H2,1-2H3,(H,32,37)(H,33,38)/t19?,26?,27-/m1/s1. The minimum absolute atomic E-state index is 0.102. The van der Waals surface area contributed by atoms with Gasteiger partial charge in [-0.25, -0.2) is 9.78 Å². The van der Waals surface area contributed by atoms with E-state index in [-0.39, 0.29) is 23.9 Å². The van der Waals surface area contributed by atoms with Gasteiger partial charge in [-0.05, 0) is 61.7 Å². The number of amides is 4. The Labute approximate surface area is 237 Å². The number of urea groups is 1. The number of hydrogen-bond acceptors (Lipinski definition) is 6. The molecule has 1 saturated heterocycles. The van der Waals surface area contributed by atoms with Crippen LogP contribution >= 0.6 is 11.8 Å². The van der Waals surface area contributed by atoms with Crippen LogP contribution in [0.3, 0.4) is 0 Å². The number of carbonyl (C=O) groups is 3. The molecule has 2 N–H and O–H groups in total. The Balaban J connectivity index is 1.22. The quantitative estimate of drug-likeness (QED) is 0.438. The third-order valence-electron chi connectivity index (χ3n) is 7.58. The van der Waals surface area contributed by atoms with Gasteiger partial charge in [0.1, 0.15) is 21.8 Å². The van der Waals surface area contributed by atoms with Gasteiger partial charge < -0.3 is 20.3 Å². The van der Waals surface area contributed by atoms with Gasteiger partial charge in [-0.2, -0.15) is 0 Å². The van der Waals surface area contributed by atoms with Crippen molar-refractivity contribution in [3.63, 3.8) is 0 Å². The summed E-state index contributed by atoms with van der Waals surface area (Å²) in [6.45, 7) is 5.03. The molecule has 4 heterocycles. The largest absolute Gasteiger partial charge is 0.457 e. The highest BCUT2D eigenvalue weighted by Gasteiger charge is 2.47. The Kier molecular flexibility index (Phi) is 7.10. The number of likely N-dealkylation sites (tertiary alicyclic amines) is 1. The summed E-state index contributed by atoms with van der Waals surface area (Å²) >= 11 is 1.37. The molecule has 0 aliphatic carbocycles. The minimum atomic E-state index is -0.547. The van der Waals surface area contributed by atoms with Crippen LogP contribution in [0.4, 0.5) is 16.2 Å². The second-order valence-corrected chi connectivity index (χ2v) is 11.4. The molecule has 3 aliphatic rings. The topological polar surface area (TPSA) is 104 Å². The average molecular weight is 558 g/mol. The molecular formula is C30H31N5O4S. The van der Waals surface area contributed by atoms with Gasteiger partial charge >= 0.3 is 6.03 Å². The second-order valence-electron chi connectivity index (χ2n) is 10.3. The smallest absolute Gasteiger partial charge is 0.327 e. The summed E-state index contributed by atoms with van der Waals surface area (Å²) in [4.78, 5) is 47.3. The normalized spacial score (nSPS) is 21.4. The number of nitrogens with zero attached hydrogens (tertiary/aromatic N) is 3. The first-order valence-electron chi connectivity index (χ1n) is 13.6. The van der Waals surface area contributed by atoms with Crippen molar-refractivity contribution in [3.8, 4) is 11.5 Å². The van der Waals surface area contributed by atoms with Gasteiger partial charge in [-0.15, -0.1) is 0 Å². The Bertz CT molecular complexity index is 1470. The first-order chi connectivity index (χ1) is 19.4. The number of nitrogens with one attached hydrogen (secondary N) is 2. The molecule has 10 heteroatoms. The maximum Gasteiger partial charge on any atom is 0.327 e.